The smallest absolute Gasteiger partial charge is 0.0335 e. The second-order valence-electron chi connectivity index (χ2n) is 7.53. The van der Waals surface area contributed by atoms with Gasteiger partial charge >= 0.3 is 0 Å². The molecule has 0 aliphatic carbocycles. The van der Waals surface area contributed by atoms with Gasteiger partial charge in [0.05, 0.1) is 0 Å². The molecule has 0 amide bonds. The molecule has 0 spiro atoms. The molecule has 1 aromatic rings. The maximum atomic E-state index is 3.76. The maximum Gasteiger partial charge on any atom is 0.0335 e. The molecule has 2 fully saturated rings. The summed E-state index contributed by atoms with van der Waals surface area (Å²) in [4.78, 5) is 5.22. The quantitative estimate of drug-likeness (QED) is 0.830. The molecule has 2 heterocycles. The van der Waals surface area contributed by atoms with Crippen LogP contribution in [-0.2, 0) is 6.54 Å². The minimum atomic E-state index is 0.505. The van der Waals surface area contributed by atoms with E-state index in [1.54, 1.807) is 0 Å². The normalized spacial score (nSPS) is 25.9. The summed E-state index contributed by atoms with van der Waals surface area (Å²) in [5.41, 5.74) is 2.94. The summed E-state index contributed by atoms with van der Waals surface area (Å²) >= 11 is 0. The molecule has 2 saturated heterocycles. The van der Waals surface area contributed by atoms with E-state index in [9.17, 15) is 0 Å². The number of hydrogen-bond acceptors (Lipinski definition) is 4. The number of benzene rings is 1. The van der Waals surface area contributed by atoms with Crippen molar-refractivity contribution in [1.82, 2.24) is 20.4 Å². The highest BCUT2D eigenvalue weighted by Gasteiger charge is 2.26. The van der Waals surface area contributed by atoms with Gasteiger partial charge in [-0.2, -0.15) is 0 Å². The summed E-state index contributed by atoms with van der Waals surface area (Å²) in [6.07, 6.45) is 3.77. The first kappa shape index (κ1) is 18.8. The van der Waals surface area contributed by atoms with Gasteiger partial charge in [0, 0.05) is 31.7 Å². The lowest BCUT2D eigenvalue weighted by atomic mass is 9.92. The van der Waals surface area contributed by atoms with E-state index in [2.05, 4.69) is 58.5 Å². The first-order valence-corrected chi connectivity index (χ1v) is 10.3. The Hall–Kier alpha value is -0.940. The van der Waals surface area contributed by atoms with E-state index in [-0.39, 0.29) is 0 Å². The molecule has 1 aromatic carbocycles. The Balaban J connectivity index is 1.64. The molecule has 140 valence electrons. The van der Waals surface area contributed by atoms with Crippen LogP contribution in [0.2, 0.25) is 0 Å². The summed E-state index contributed by atoms with van der Waals surface area (Å²) in [5.74, 6) is 0. The van der Waals surface area contributed by atoms with Gasteiger partial charge in [-0.15, -0.1) is 0 Å². The van der Waals surface area contributed by atoms with E-state index < -0.39 is 0 Å². The Morgan fingerprint density at radius 3 is 2.84 bits per heavy atom. The van der Waals surface area contributed by atoms with Crippen molar-refractivity contribution in [2.24, 2.45) is 0 Å². The first-order valence-electron chi connectivity index (χ1n) is 10.3. The Morgan fingerprint density at radius 1 is 1.12 bits per heavy atom. The second kappa shape index (κ2) is 9.67. The predicted octanol–water partition coefficient (Wildman–Crippen LogP) is 2.62. The topological polar surface area (TPSA) is 30.5 Å². The summed E-state index contributed by atoms with van der Waals surface area (Å²) in [6.45, 7) is 13.8. The van der Waals surface area contributed by atoms with E-state index in [0.29, 0.717) is 6.04 Å². The molecule has 0 radical (unpaired) electrons. The first-order chi connectivity index (χ1) is 12.3. The van der Waals surface area contributed by atoms with Gasteiger partial charge in [0.2, 0.25) is 0 Å². The van der Waals surface area contributed by atoms with Crippen molar-refractivity contribution >= 4 is 0 Å². The lowest BCUT2D eigenvalue weighted by Gasteiger charge is -2.37. The second-order valence-corrected chi connectivity index (χ2v) is 7.53. The molecule has 2 aliphatic heterocycles. The Kier molecular flexibility index (Phi) is 7.29. The summed E-state index contributed by atoms with van der Waals surface area (Å²) in [7, 11) is 0. The lowest BCUT2D eigenvalue weighted by molar-refractivity contribution is 0.157. The van der Waals surface area contributed by atoms with Gasteiger partial charge in [0.1, 0.15) is 0 Å². The highest BCUT2D eigenvalue weighted by molar-refractivity contribution is 5.27. The van der Waals surface area contributed by atoms with Gasteiger partial charge in [-0.3, -0.25) is 4.90 Å². The van der Waals surface area contributed by atoms with Gasteiger partial charge in [-0.05, 0) is 63.1 Å². The van der Waals surface area contributed by atoms with Crippen molar-refractivity contribution in [3.63, 3.8) is 0 Å². The Labute approximate surface area is 154 Å². The molecule has 2 unspecified atom stereocenters. The largest absolute Gasteiger partial charge is 0.315 e. The minimum absolute atomic E-state index is 0.505. The zero-order valence-corrected chi connectivity index (χ0v) is 16.1. The number of rotatable bonds is 6. The van der Waals surface area contributed by atoms with Crippen LogP contribution in [0.1, 0.15) is 50.3 Å². The van der Waals surface area contributed by atoms with Crippen LogP contribution in [0.5, 0.6) is 0 Å². The van der Waals surface area contributed by atoms with E-state index in [1.165, 1.54) is 36.9 Å². The van der Waals surface area contributed by atoms with Crippen LogP contribution in [0.25, 0.3) is 0 Å². The molecule has 25 heavy (non-hydrogen) atoms. The van der Waals surface area contributed by atoms with Gasteiger partial charge in [-0.25, -0.2) is 0 Å². The SMILES string of the molecule is CCN(CC)C1CCNC(c2cccc(CN3CCCNCC3)c2)C1. The number of nitrogens with zero attached hydrogens (tertiary/aromatic N) is 2. The monoisotopic (exact) mass is 344 g/mol. The average molecular weight is 345 g/mol. The van der Waals surface area contributed by atoms with E-state index in [1.807, 2.05) is 0 Å². The van der Waals surface area contributed by atoms with Crippen molar-refractivity contribution in [3.05, 3.63) is 35.4 Å². The molecule has 2 atom stereocenters. The van der Waals surface area contributed by atoms with Crippen molar-refractivity contribution in [2.45, 2.75) is 51.7 Å². The molecule has 2 aliphatic rings. The van der Waals surface area contributed by atoms with E-state index in [0.717, 1.165) is 51.9 Å². The standard InChI is InChI=1S/C21H36N4/c1-3-25(4-2)20-9-11-23-21(16-20)19-8-5-7-18(15-19)17-24-13-6-10-22-12-14-24/h5,7-8,15,20-23H,3-4,6,9-14,16-17H2,1-2H3. The Morgan fingerprint density at radius 2 is 2.00 bits per heavy atom. The van der Waals surface area contributed by atoms with Crippen molar-refractivity contribution in [3.8, 4) is 0 Å². The molecule has 2 N–H and O–H groups in total. The third kappa shape index (κ3) is 5.27. The van der Waals surface area contributed by atoms with Crippen LogP contribution in [0.3, 0.4) is 0 Å². The lowest BCUT2D eigenvalue weighted by Crippen LogP contribution is -2.44. The summed E-state index contributed by atoms with van der Waals surface area (Å²) in [6, 6.07) is 10.5. The molecule has 3 rings (SSSR count). The molecule has 0 aromatic heterocycles. The zero-order valence-electron chi connectivity index (χ0n) is 16.1. The fraction of sp³-hybridized carbons (Fsp3) is 0.714. The van der Waals surface area contributed by atoms with Crippen LogP contribution < -0.4 is 10.6 Å². The molecule has 0 saturated carbocycles. The number of nitrogens with one attached hydrogen (secondary N) is 2. The van der Waals surface area contributed by atoms with Crippen LogP contribution in [0, 0.1) is 0 Å². The molecule has 4 nitrogen and oxygen atoms in total. The van der Waals surface area contributed by atoms with Crippen LogP contribution in [0.15, 0.2) is 24.3 Å². The predicted molar refractivity (Wildman–Crippen MR) is 106 cm³/mol. The number of piperidine rings is 1. The van der Waals surface area contributed by atoms with Crippen LogP contribution >= 0.6 is 0 Å². The average Bonchev–Trinajstić information content (AvgIpc) is 2.92. The molecular formula is C21H36N4. The third-order valence-corrected chi connectivity index (χ3v) is 5.90. The zero-order chi connectivity index (χ0) is 17.5. The van der Waals surface area contributed by atoms with Crippen LogP contribution in [0.4, 0.5) is 0 Å². The molecule has 0 bridgehead atoms. The van der Waals surface area contributed by atoms with Crippen molar-refractivity contribution in [2.75, 3.05) is 45.8 Å². The van der Waals surface area contributed by atoms with Gasteiger partial charge < -0.3 is 15.5 Å². The number of hydrogen-bond donors (Lipinski definition) is 2. The van der Waals surface area contributed by atoms with Crippen LogP contribution in [-0.4, -0.2) is 61.7 Å². The fourth-order valence-electron chi connectivity index (χ4n) is 4.45. The minimum Gasteiger partial charge on any atom is -0.315 e. The Bertz CT molecular complexity index is 506. The van der Waals surface area contributed by atoms with Gasteiger partial charge in [0.25, 0.3) is 0 Å². The highest BCUT2D eigenvalue weighted by atomic mass is 15.2. The highest BCUT2D eigenvalue weighted by Crippen LogP contribution is 2.27. The molecule has 4 heteroatoms. The third-order valence-electron chi connectivity index (χ3n) is 5.90. The van der Waals surface area contributed by atoms with Crippen molar-refractivity contribution in [1.29, 1.82) is 0 Å². The fourth-order valence-corrected chi connectivity index (χ4v) is 4.45. The van der Waals surface area contributed by atoms with E-state index >= 15 is 0 Å². The van der Waals surface area contributed by atoms with Gasteiger partial charge in [0.15, 0.2) is 0 Å². The maximum absolute atomic E-state index is 3.76. The summed E-state index contributed by atoms with van der Waals surface area (Å²) < 4.78 is 0. The molecular weight excluding hydrogens is 308 g/mol. The summed E-state index contributed by atoms with van der Waals surface area (Å²) in [5, 5.41) is 7.26. The van der Waals surface area contributed by atoms with Gasteiger partial charge in [-0.1, -0.05) is 38.1 Å². The van der Waals surface area contributed by atoms with E-state index in [4.69, 9.17) is 0 Å². The van der Waals surface area contributed by atoms with Crippen molar-refractivity contribution < 1.29 is 0 Å².